The summed E-state index contributed by atoms with van der Waals surface area (Å²) < 4.78 is 37.5. The van der Waals surface area contributed by atoms with Crippen molar-refractivity contribution in [3.63, 3.8) is 0 Å². The van der Waals surface area contributed by atoms with E-state index in [1.165, 1.54) is 35.7 Å². The van der Waals surface area contributed by atoms with E-state index in [0.29, 0.717) is 19.1 Å². The van der Waals surface area contributed by atoms with Crippen molar-refractivity contribution in [3.8, 4) is 5.88 Å². The fourth-order valence-corrected chi connectivity index (χ4v) is 4.92. The summed E-state index contributed by atoms with van der Waals surface area (Å²) in [5.74, 6) is -0.641. The number of nitrogens with zero attached hydrogens (tertiary/aromatic N) is 2. The summed E-state index contributed by atoms with van der Waals surface area (Å²) in [7, 11) is -2.24. The lowest BCUT2D eigenvalue weighted by Gasteiger charge is -2.26. The Morgan fingerprint density at radius 1 is 1.18 bits per heavy atom. The lowest BCUT2D eigenvalue weighted by Crippen LogP contribution is -2.49. The summed E-state index contributed by atoms with van der Waals surface area (Å²) in [6.45, 7) is 5.06. The van der Waals surface area contributed by atoms with E-state index in [9.17, 15) is 18.0 Å². The first kappa shape index (κ1) is 25.6. The van der Waals surface area contributed by atoms with E-state index < -0.39 is 22.0 Å². The van der Waals surface area contributed by atoms with Crippen LogP contribution < -0.4 is 15.4 Å². The molecule has 1 saturated heterocycles. The lowest BCUT2D eigenvalue weighted by molar-refractivity contribution is -0.124. The van der Waals surface area contributed by atoms with Crippen molar-refractivity contribution in [1.82, 2.24) is 19.9 Å². The Kier molecular flexibility index (Phi) is 8.59. The fraction of sp³-hybridized carbons (Fsp3) is 0.435. The molecule has 2 amide bonds. The average molecular weight is 491 g/mol. The van der Waals surface area contributed by atoms with Crippen LogP contribution in [-0.4, -0.2) is 69.0 Å². The Labute approximate surface area is 199 Å². The number of hydrogen-bond donors (Lipinski definition) is 2. The highest BCUT2D eigenvalue weighted by Crippen LogP contribution is 2.19. The molecule has 0 spiro atoms. The molecular formula is C23H30N4O6S. The van der Waals surface area contributed by atoms with Gasteiger partial charge in [0, 0.05) is 37.5 Å². The number of pyridine rings is 1. The van der Waals surface area contributed by atoms with Gasteiger partial charge >= 0.3 is 0 Å². The Hall–Kier alpha value is -3.02. The van der Waals surface area contributed by atoms with E-state index in [2.05, 4.69) is 15.6 Å². The molecule has 0 bridgehead atoms. The van der Waals surface area contributed by atoms with Crippen LogP contribution in [0.25, 0.3) is 0 Å². The number of carbonyl (C=O) groups excluding carboxylic acids is 2. The molecule has 2 aromatic rings. The molecule has 1 aromatic heterocycles. The third kappa shape index (κ3) is 6.31. The van der Waals surface area contributed by atoms with E-state index in [1.54, 1.807) is 18.3 Å². The maximum absolute atomic E-state index is 12.9. The second-order valence-electron chi connectivity index (χ2n) is 8.16. The summed E-state index contributed by atoms with van der Waals surface area (Å²) in [6, 6.07) is 8.48. The molecule has 0 radical (unpaired) electrons. The molecule has 0 saturated carbocycles. The van der Waals surface area contributed by atoms with Crippen LogP contribution in [-0.2, 0) is 26.1 Å². The number of morpholine rings is 1. The Balaban J connectivity index is 1.69. The van der Waals surface area contributed by atoms with Crippen LogP contribution in [0.1, 0.15) is 29.8 Å². The molecule has 34 heavy (non-hydrogen) atoms. The number of nitrogens with one attached hydrogen (secondary N) is 2. The van der Waals surface area contributed by atoms with Crippen LogP contribution in [0.2, 0.25) is 0 Å². The van der Waals surface area contributed by atoms with Crippen molar-refractivity contribution in [1.29, 1.82) is 0 Å². The topological polar surface area (TPSA) is 127 Å². The smallest absolute Gasteiger partial charge is 0.251 e. The normalized spacial score (nSPS) is 15.5. The predicted octanol–water partition coefficient (Wildman–Crippen LogP) is 1.18. The zero-order valence-corrected chi connectivity index (χ0v) is 20.3. The minimum absolute atomic E-state index is 0.0271. The molecule has 1 atom stereocenters. The summed E-state index contributed by atoms with van der Waals surface area (Å²) in [6.07, 6.45) is 1.58. The molecule has 0 aliphatic carbocycles. The summed E-state index contributed by atoms with van der Waals surface area (Å²) in [4.78, 5) is 29.8. The number of carbonyl (C=O) groups is 2. The third-order valence-corrected chi connectivity index (χ3v) is 7.31. The second-order valence-corrected chi connectivity index (χ2v) is 10.1. The SMILES string of the molecule is COc1cc(CNC(=O)C(NC(=O)c2cccc(S(=O)(=O)N3CCOCC3)c2)C(C)C)ccn1. The van der Waals surface area contributed by atoms with Gasteiger partial charge in [0.15, 0.2) is 0 Å². The van der Waals surface area contributed by atoms with Crippen molar-refractivity contribution in [2.45, 2.75) is 31.3 Å². The number of amides is 2. The standard InChI is InChI=1S/C23H30N4O6S/c1-16(2)21(23(29)25-15-17-7-8-24-20(13-17)32-3)26-22(28)18-5-4-6-19(14-18)34(30,31)27-9-11-33-12-10-27/h4-8,13-14,16,21H,9-12,15H2,1-3H3,(H,25,29)(H,26,28). The maximum Gasteiger partial charge on any atom is 0.251 e. The zero-order chi connectivity index (χ0) is 24.7. The minimum atomic E-state index is -3.75. The van der Waals surface area contributed by atoms with Crippen molar-refractivity contribution < 1.29 is 27.5 Å². The first-order chi connectivity index (χ1) is 16.2. The van der Waals surface area contributed by atoms with E-state index in [0.717, 1.165) is 5.56 Å². The van der Waals surface area contributed by atoms with Gasteiger partial charge in [0.05, 0.1) is 25.2 Å². The molecule has 184 valence electrons. The lowest BCUT2D eigenvalue weighted by atomic mass is 10.0. The van der Waals surface area contributed by atoms with Crippen LogP contribution in [0.15, 0.2) is 47.5 Å². The maximum atomic E-state index is 12.9. The molecule has 3 rings (SSSR count). The van der Waals surface area contributed by atoms with Gasteiger partial charge < -0.3 is 20.1 Å². The largest absolute Gasteiger partial charge is 0.481 e. The molecule has 2 N–H and O–H groups in total. The highest BCUT2D eigenvalue weighted by molar-refractivity contribution is 7.89. The van der Waals surface area contributed by atoms with Crippen LogP contribution in [0.3, 0.4) is 0 Å². The van der Waals surface area contributed by atoms with Gasteiger partial charge in [0.2, 0.25) is 21.8 Å². The number of methoxy groups -OCH3 is 1. The second kappa shape index (κ2) is 11.4. The quantitative estimate of drug-likeness (QED) is 0.540. The van der Waals surface area contributed by atoms with Gasteiger partial charge in [-0.1, -0.05) is 19.9 Å². The predicted molar refractivity (Wildman–Crippen MR) is 125 cm³/mol. The highest BCUT2D eigenvalue weighted by atomic mass is 32.2. The zero-order valence-electron chi connectivity index (χ0n) is 19.5. The molecule has 1 aliphatic heterocycles. The molecule has 11 heteroatoms. The van der Waals surface area contributed by atoms with E-state index in [4.69, 9.17) is 9.47 Å². The van der Waals surface area contributed by atoms with Gasteiger partial charge in [-0.05, 0) is 35.7 Å². The highest BCUT2D eigenvalue weighted by Gasteiger charge is 2.28. The first-order valence-corrected chi connectivity index (χ1v) is 12.4. The van der Waals surface area contributed by atoms with Gasteiger partial charge in [-0.25, -0.2) is 13.4 Å². The van der Waals surface area contributed by atoms with E-state index in [1.807, 2.05) is 13.8 Å². The molecule has 1 aromatic carbocycles. The molecular weight excluding hydrogens is 460 g/mol. The third-order valence-electron chi connectivity index (χ3n) is 5.41. The van der Waals surface area contributed by atoms with Crippen LogP contribution in [0.5, 0.6) is 5.88 Å². The van der Waals surface area contributed by atoms with Crippen molar-refractivity contribution in [2.75, 3.05) is 33.4 Å². The molecule has 1 aliphatic rings. The van der Waals surface area contributed by atoms with Crippen LogP contribution in [0.4, 0.5) is 0 Å². The van der Waals surface area contributed by atoms with Gasteiger partial charge in [0.1, 0.15) is 6.04 Å². The fourth-order valence-electron chi connectivity index (χ4n) is 3.46. The molecule has 2 heterocycles. The number of ether oxygens (including phenoxy) is 2. The van der Waals surface area contributed by atoms with Crippen LogP contribution >= 0.6 is 0 Å². The molecule has 1 fully saturated rings. The Morgan fingerprint density at radius 2 is 1.91 bits per heavy atom. The van der Waals surface area contributed by atoms with Crippen molar-refractivity contribution in [2.24, 2.45) is 5.92 Å². The first-order valence-electron chi connectivity index (χ1n) is 11.0. The number of aromatic nitrogens is 1. The Morgan fingerprint density at radius 3 is 2.59 bits per heavy atom. The molecule has 1 unspecified atom stereocenters. The summed E-state index contributed by atoms with van der Waals surface area (Å²) >= 11 is 0. The van der Waals surface area contributed by atoms with Crippen molar-refractivity contribution >= 4 is 21.8 Å². The molecule has 10 nitrogen and oxygen atoms in total. The number of sulfonamides is 1. The number of hydrogen-bond acceptors (Lipinski definition) is 7. The summed E-state index contributed by atoms with van der Waals surface area (Å²) in [5, 5.41) is 5.55. The van der Waals surface area contributed by atoms with Gasteiger partial charge in [0.25, 0.3) is 5.91 Å². The average Bonchev–Trinajstić information content (AvgIpc) is 2.86. The van der Waals surface area contributed by atoms with E-state index in [-0.39, 0.29) is 41.9 Å². The van der Waals surface area contributed by atoms with Crippen molar-refractivity contribution in [3.05, 3.63) is 53.7 Å². The monoisotopic (exact) mass is 490 g/mol. The number of rotatable bonds is 9. The van der Waals surface area contributed by atoms with Gasteiger partial charge in [-0.15, -0.1) is 0 Å². The van der Waals surface area contributed by atoms with Crippen LogP contribution in [0, 0.1) is 5.92 Å². The van der Waals surface area contributed by atoms with E-state index >= 15 is 0 Å². The van der Waals surface area contributed by atoms with Gasteiger partial charge in [-0.3, -0.25) is 9.59 Å². The number of benzene rings is 1. The Bertz CT molecular complexity index is 1120. The minimum Gasteiger partial charge on any atom is -0.481 e. The van der Waals surface area contributed by atoms with Gasteiger partial charge in [-0.2, -0.15) is 4.31 Å². The summed E-state index contributed by atoms with van der Waals surface area (Å²) in [5.41, 5.74) is 0.960.